The van der Waals surface area contributed by atoms with Gasteiger partial charge in [0.25, 0.3) is 0 Å². The lowest BCUT2D eigenvalue weighted by Crippen LogP contribution is -2.62. The number of H-pyrrole nitrogens is 1. The topological polar surface area (TPSA) is 459 Å². The van der Waals surface area contributed by atoms with E-state index in [0.29, 0.717) is 44.2 Å². The average Bonchev–Trinajstić information content (AvgIpc) is 4.20. The molecule has 11 amide bonds. The van der Waals surface area contributed by atoms with Crippen LogP contribution < -0.4 is 71.6 Å². The first-order valence-corrected chi connectivity index (χ1v) is 28.8. The molecule has 434 valence electrons. The van der Waals surface area contributed by atoms with Crippen molar-refractivity contribution in [1.29, 1.82) is 0 Å². The molecule has 1 aromatic carbocycles. The summed E-state index contributed by atoms with van der Waals surface area (Å²) in [5.41, 5.74) is 35.6. The van der Waals surface area contributed by atoms with E-state index in [9.17, 15) is 52.7 Å². The number of rotatable bonds is 19. The second-order valence-corrected chi connectivity index (χ2v) is 23.0. The summed E-state index contributed by atoms with van der Waals surface area (Å²) < 4.78 is -0.990. The Kier molecular flexibility index (Phi) is 23.6. The summed E-state index contributed by atoms with van der Waals surface area (Å²) in [5, 5.41) is 19.3. The second kappa shape index (κ2) is 29.7. The first-order valence-electron chi connectivity index (χ1n) is 26.5. The van der Waals surface area contributed by atoms with E-state index >= 15 is 0 Å². The third kappa shape index (κ3) is 18.2. The molecule has 3 fully saturated rings. The van der Waals surface area contributed by atoms with Crippen molar-refractivity contribution in [2.75, 3.05) is 25.4 Å². The van der Waals surface area contributed by atoms with Crippen LogP contribution in [-0.4, -0.2) is 159 Å². The summed E-state index contributed by atoms with van der Waals surface area (Å²) in [6.07, 6.45) is 2.41. The number of nitrogens with one attached hydrogen (secondary N) is 8. The third-order valence-corrected chi connectivity index (χ3v) is 17.6. The van der Waals surface area contributed by atoms with Crippen LogP contribution in [0.1, 0.15) is 103 Å². The summed E-state index contributed by atoms with van der Waals surface area (Å²) in [6, 6.07) is -1.88. The Labute approximate surface area is 465 Å². The van der Waals surface area contributed by atoms with E-state index in [2.05, 4.69) is 47.2 Å². The smallest absolute Gasteiger partial charge is 0.246 e. The molecule has 3 heterocycles. The fourth-order valence-corrected chi connectivity index (χ4v) is 13.2. The van der Waals surface area contributed by atoms with Crippen molar-refractivity contribution >= 4 is 103 Å². The predicted molar refractivity (Wildman–Crippen MR) is 296 cm³/mol. The number of para-hydroxylation sites is 1. The van der Waals surface area contributed by atoms with Gasteiger partial charge >= 0.3 is 0 Å². The SMILES string of the molecule is CC[C@H](C)[C@@H]1NC(=O)[C@@H](Cc2cc3ccccc3[nH]2)NC(=O)[C@@H](N)C2(CCCCC2)SSC[C@H](C(=O)N2CCC[C@H]2C(=O)N[C@H](CCCN=C(N)N)C(=O)NCC(N)=O)NC(=O)[C@H](CC(N)=O)NC(=O)[C@@H](CCC(N)=O)NC1=O. The van der Waals surface area contributed by atoms with Gasteiger partial charge in [-0.25, -0.2) is 0 Å². The molecule has 0 radical (unpaired) electrons. The number of fused-ring (bicyclic) bond motifs is 1. The van der Waals surface area contributed by atoms with Gasteiger partial charge < -0.3 is 81.5 Å². The van der Waals surface area contributed by atoms with Gasteiger partial charge in [-0.2, -0.15) is 0 Å². The molecule has 3 aliphatic rings. The van der Waals surface area contributed by atoms with Crippen LogP contribution in [0.5, 0.6) is 0 Å². The van der Waals surface area contributed by atoms with Gasteiger partial charge in [-0.3, -0.25) is 57.7 Å². The van der Waals surface area contributed by atoms with Crippen molar-refractivity contribution in [2.45, 2.75) is 157 Å². The minimum absolute atomic E-state index is 0.0126. The minimum atomic E-state index is -1.77. The van der Waals surface area contributed by atoms with Crippen LogP contribution in [0, 0.1) is 5.92 Å². The van der Waals surface area contributed by atoms with E-state index in [1.165, 1.54) is 15.7 Å². The highest BCUT2D eigenvalue weighted by atomic mass is 33.1. The fraction of sp³-hybridized carbons (Fsp3) is 0.600. The molecular formula is C50H76N16O11S2. The number of guanidine groups is 1. The molecule has 1 saturated carbocycles. The van der Waals surface area contributed by atoms with Crippen LogP contribution in [0.3, 0.4) is 0 Å². The molecule has 1 spiro atoms. The van der Waals surface area contributed by atoms with Gasteiger partial charge in [0, 0.05) is 42.9 Å². The highest BCUT2D eigenvalue weighted by molar-refractivity contribution is 8.77. The van der Waals surface area contributed by atoms with Crippen LogP contribution >= 0.6 is 21.6 Å². The molecule has 79 heavy (non-hydrogen) atoms. The number of carbonyl (C=O) groups is 11. The van der Waals surface area contributed by atoms with E-state index in [4.69, 9.17) is 34.4 Å². The van der Waals surface area contributed by atoms with Gasteiger partial charge in [0.1, 0.15) is 42.3 Å². The number of nitrogens with zero attached hydrogens (tertiary/aromatic N) is 2. The van der Waals surface area contributed by atoms with E-state index in [-0.39, 0.29) is 50.5 Å². The highest BCUT2D eigenvalue weighted by Gasteiger charge is 2.46. The monoisotopic (exact) mass is 1140 g/mol. The van der Waals surface area contributed by atoms with E-state index in [1.807, 2.05) is 30.3 Å². The summed E-state index contributed by atoms with van der Waals surface area (Å²) in [5.74, 6) is -10.3. The molecule has 2 saturated heterocycles. The summed E-state index contributed by atoms with van der Waals surface area (Å²) in [7, 11) is 2.34. The van der Waals surface area contributed by atoms with Crippen molar-refractivity contribution in [2.24, 2.45) is 45.3 Å². The van der Waals surface area contributed by atoms with Gasteiger partial charge in [-0.1, -0.05) is 79.3 Å². The summed E-state index contributed by atoms with van der Waals surface area (Å²) in [4.78, 5) is 159. The third-order valence-electron chi connectivity index (χ3n) is 14.3. The Morgan fingerprint density at radius 3 is 2.14 bits per heavy atom. The molecule has 29 heteroatoms. The molecule has 0 bridgehead atoms. The number of aromatic amines is 1. The van der Waals surface area contributed by atoms with Gasteiger partial charge in [0.05, 0.1) is 23.8 Å². The van der Waals surface area contributed by atoms with E-state index in [0.717, 1.165) is 28.1 Å². The number of aliphatic imine (C=N–C) groups is 1. The zero-order valence-corrected chi connectivity index (χ0v) is 46.1. The molecule has 1 aromatic heterocycles. The molecule has 20 N–H and O–H groups in total. The lowest BCUT2D eigenvalue weighted by Gasteiger charge is -2.40. The quantitative estimate of drug-likeness (QED) is 0.0286. The maximum Gasteiger partial charge on any atom is 0.246 e. The number of amides is 11. The summed E-state index contributed by atoms with van der Waals surface area (Å²) in [6.45, 7) is 3.06. The first kappa shape index (κ1) is 62.7. The predicted octanol–water partition coefficient (Wildman–Crippen LogP) is -3.12. The van der Waals surface area contributed by atoms with Crippen molar-refractivity contribution in [3.63, 3.8) is 0 Å². The first-order chi connectivity index (χ1) is 37.5. The van der Waals surface area contributed by atoms with Crippen molar-refractivity contribution in [1.82, 2.24) is 47.1 Å². The van der Waals surface area contributed by atoms with Gasteiger partial charge in [0.15, 0.2) is 5.96 Å². The Morgan fingerprint density at radius 1 is 0.810 bits per heavy atom. The molecule has 1 aliphatic carbocycles. The average molecular weight is 1140 g/mol. The minimum Gasteiger partial charge on any atom is -0.370 e. The lowest BCUT2D eigenvalue weighted by atomic mass is 9.82. The van der Waals surface area contributed by atoms with Crippen LogP contribution in [0.25, 0.3) is 10.9 Å². The number of hydrogen-bond donors (Lipinski definition) is 14. The standard InChI is InChI=1S/C50H76N16O11S2/c1-3-26(2)39-46(75)61-31(15-16-36(51)67)42(71)62-33(23-37(52)68)43(72)64-34(48(77)66-20-10-14-35(66)45(74)60-30(13-9-19-57-49(55)56)41(70)58-24-38(53)69)25-78-79-50(17-7-4-8-18-50)40(54)47(76)63-32(44(73)65-39)22-28-21-27-11-5-6-12-29(27)59-28/h5-6,11-12,21,26,30-35,39-40,59H,3-4,7-10,13-20,22-25,54H2,1-2H3,(H2,51,67)(H2,52,68)(H2,53,69)(H,58,70)(H,60,74)(H,61,75)(H,62,71)(H,63,76)(H,64,72)(H,65,73)(H4,55,56,57)/t26-,30+,31+,32+,33-,34+,35-,39-,40+/m0/s1. The Bertz CT molecular complexity index is 2560. The van der Waals surface area contributed by atoms with Crippen LogP contribution in [0.4, 0.5) is 0 Å². The Morgan fingerprint density at radius 2 is 1.48 bits per heavy atom. The molecule has 0 unspecified atom stereocenters. The summed E-state index contributed by atoms with van der Waals surface area (Å²) >= 11 is 0. The van der Waals surface area contributed by atoms with Gasteiger partial charge in [-0.05, 0) is 68.4 Å². The van der Waals surface area contributed by atoms with Gasteiger partial charge in [-0.15, -0.1) is 0 Å². The number of primary amides is 3. The van der Waals surface area contributed by atoms with E-state index < -0.39 is 150 Å². The maximum atomic E-state index is 15.0. The number of aromatic nitrogens is 1. The number of hydrogen-bond acceptors (Lipinski definition) is 15. The molecule has 2 aromatic rings. The van der Waals surface area contributed by atoms with Crippen LogP contribution in [0.15, 0.2) is 35.3 Å². The molecule has 2 aliphatic heterocycles. The Hall–Kier alpha value is -7.14. The van der Waals surface area contributed by atoms with Crippen molar-refractivity contribution in [3.05, 3.63) is 36.0 Å². The zero-order chi connectivity index (χ0) is 58.0. The normalized spacial score (nSPS) is 24.3. The van der Waals surface area contributed by atoms with Crippen molar-refractivity contribution < 1.29 is 52.7 Å². The van der Waals surface area contributed by atoms with Gasteiger partial charge in [0.2, 0.25) is 65.0 Å². The number of benzene rings is 1. The second-order valence-electron chi connectivity index (χ2n) is 20.2. The number of nitrogens with two attached hydrogens (primary N) is 6. The molecule has 27 nitrogen and oxygen atoms in total. The maximum absolute atomic E-state index is 15.0. The Balaban J connectivity index is 1.54. The van der Waals surface area contributed by atoms with E-state index in [1.54, 1.807) is 13.8 Å². The number of likely N-dealkylation sites (tertiary alicyclic amines) is 1. The zero-order valence-electron chi connectivity index (χ0n) is 44.5. The largest absolute Gasteiger partial charge is 0.370 e. The van der Waals surface area contributed by atoms with Crippen LogP contribution in [-0.2, 0) is 59.2 Å². The molecular weight excluding hydrogens is 1060 g/mol. The fourth-order valence-electron chi connectivity index (χ4n) is 9.73. The molecule has 9 atom stereocenters. The van der Waals surface area contributed by atoms with Crippen LogP contribution in [0.2, 0.25) is 0 Å². The highest BCUT2D eigenvalue weighted by Crippen LogP contribution is 2.48. The van der Waals surface area contributed by atoms with Crippen molar-refractivity contribution in [3.8, 4) is 0 Å². The lowest BCUT2D eigenvalue weighted by molar-refractivity contribution is -0.142. The number of carbonyl (C=O) groups excluding carboxylic acids is 11. The molecule has 5 rings (SSSR count).